The Labute approximate surface area is 117 Å². The van der Waals surface area contributed by atoms with Crippen LogP contribution in [0.2, 0.25) is 0 Å². The van der Waals surface area contributed by atoms with Gasteiger partial charge < -0.3 is 14.6 Å². The Kier molecular flexibility index (Phi) is 4.02. The van der Waals surface area contributed by atoms with Crippen LogP contribution in [-0.4, -0.2) is 29.3 Å². The fourth-order valence-corrected chi connectivity index (χ4v) is 1.54. The van der Waals surface area contributed by atoms with Crippen molar-refractivity contribution in [3.8, 4) is 17.4 Å². The summed E-state index contributed by atoms with van der Waals surface area (Å²) in [5, 5.41) is 16.9. The number of ether oxygens (including phenoxy) is 2. The number of rotatable bonds is 4. The molecule has 0 aliphatic heterocycles. The Morgan fingerprint density at radius 2 is 1.86 bits per heavy atom. The summed E-state index contributed by atoms with van der Waals surface area (Å²) in [5.74, 6) is 0.249. The van der Waals surface area contributed by atoms with E-state index in [1.165, 1.54) is 14.2 Å². The number of hydrogen-bond donors (Lipinski definition) is 3. The number of aromatic hydroxyl groups is 1. The molecule has 9 nitrogen and oxygen atoms in total. The first kappa shape index (κ1) is 14.3. The van der Waals surface area contributed by atoms with Crippen LogP contribution in [0.5, 0.6) is 17.4 Å². The average Bonchev–Trinajstić information content (AvgIpc) is 2.45. The molecule has 21 heavy (non-hydrogen) atoms. The second kappa shape index (κ2) is 5.90. The minimum atomic E-state index is -0.859. The van der Waals surface area contributed by atoms with Crippen LogP contribution in [-0.2, 0) is 0 Å². The molecule has 0 amide bonds. The molecule has 2 aromatic rings. The monoisotopic (exact) mass is 292 g/mol. The number of benzene rings is 1. The largest absolute Gasteiger partial charge is 0.497 e. The molecule has 1 heterocycles. The van der Waals surface area contributed by atoms with E-state index in [0.717, 1.165) is 0 Å². The molecule has 3 N–H and O–H groups in total. The zero-order chi connectivity index (χ0) is 15.4. The predicted octanol–water partition coefficient (Wildman–Crippen LogP) is 1.20. The summed E-state index contributed by atoms with van der Waals surface area (Å²) in [6, 6.07) is 4.82. The van der Waals surface area contributed by atoms with E-state index >= 15 is 0 Å². The van der Waals surface area contributed by atoms with Crippen LogP contribution >= 0.6 is 0 Å². The van der Waals surface area contributed by atoms with Crippen LogP contribution in [0.25, 0.3) is 0 Å². The summed E-state index contributed by atoms with van der Waals surface area (Å²) >= 11 is 0. The number of H-pyrrole nitrogens is 2. The van der Waals surface area contributed by atoms with Crippen molar-refractivity contribution in [3.63, 3.8) is 0 Å². The van der Waals surface area contributed by atoms with Gasteiger partial charge in [0.15, 0.2) is 0 Å². The highest BCUT2D eigenvalue weighted by molar-refractivity contribution is 5.55. The van der Waals surface area contributed by atoms with Crippen molar-refractivity contribution >= 4 is 11.4 Å². The van der Waals surface area contributed by atoms with Crippen LogP contribution in [0.3, 0.4) is 0 Å². The molecule has 0 atom stereocenters. The summed E-state index contributed by atoms with van der Waals surface area (Å²) in [6.45, 7) is 0. The number of aromatic amines is 2. The summed E-state index contributed by atoms with van der Waals surface area (Å²) in [5.41, 5.74) is -1.82. The molecule has 0 aliphatic carbocycles. The second-order valence-electron chi connectivity index (χ2n) is 3.84. The SMILES string of the molecule is COc1ccc(OC)c(N=Nc2c(O)[nH]c(=O)[nH]c2=O)c1. The van der Waals surface area contributed by atoms with Gasteiger partial charge in [0.1, 0.15) is 17.2 Å². The highest BCUT2D eigenvalue weighted by Gasteiger charge is 2.09. The van der Waals surface area contributed by atoms with Crippen molar-refractivity contribution in [1.82, 2.24) is 9.97 Å². The maximum Gasteiger partial charge on any atom is 0.328 e. The maximum absolute atomic E-state index is 11.5. The molecule has 0 saturated heterocycles. The maximum atomic E-state index is 11.5. The lowest BCUT2D eigenvalue weighted by Gasteiger charge is -2.05. The minimum Gasteiger partial charge on any atom is -0.497 e. The Bertz CT molecular complexity index is 793. The topological polar surface area (TPSA) is 129 Å². The lowest BCUT2D eigenvalue weighted by Crippen LogP contribution is -2.20. The molecule has 0 radical (unpaired) electrons. The Morgan fingerprint density at radius 3 is 2.48 bits per heavy atom. The molecular weight excluding hydrogens is 280 g/mol. The number of azo groups is 1. The van der Waals surface area contributed by atoms with Gasteiger partial charge in [-0.1, -0.05) is 0 Å². The lowest BCUT2D eigenvalue weighted by molar-refractivity contribution is 0.404. The van der Waals surface area contributed by atoms with Gasteiger partial charge in [-0.25, -0.2) is 4.79 Å². The Morgan fingerprint density at radius 1 is 1.10 bits per heavy atom. The summed E-state index contributed by atoms with van der Waals surface area (Å²) < 4.78 is 10.1. The third kappa shape index (κ3) is 3.08. The van der Waals surface area contributed by atoms with Gasteiger partial charge >= 0.3 is 5.69 Å². The lowest BCUT2D eigenvalue weighted by atomic mass is 10.3. The van der Waals surface area contributed by atoms with Crippen molar-refractivity contribution in [2.45, 2.75) is 0 Å². The summed E-state index contributed by atoms with van der Waals surface area (Å²) in [7, 11) is 2.94. The molecule has 0 fully saturated rings. The third-order valence-corrected chi connectivity index (χ3v) is 2.54. The summed E-state index contributed by atoms with van der Waals surface area (Å²) in [6.07, 6.45) is 0. The van der Waals surface area contributed by atoms with E-state index in [1.54, 1.807) is 18.2 Å². The zero-order valence-electron chi connectivity index (χ0n) is 11.2. The Balaban J connectivity index is 2.47. The average molecular weight is 292 g/mol. The van der Waals surface area contributed by atoms with Crippen molar-refractivity contribution < 1.29 is 14.6 Å². The molecule has 0 bridgehead atoms. The normalized spacial score (nSPS) is 10.8. The van der Waals surface area contributed by atoms with Gasteiger partial charge in [-0.2, -0.15) is 0 Å². The number of nitrogens with zero attached hydrogens (tertiary/aromatic N) is 2. The van der Waals surface area contributed by atoms with Gasteiger partial charge in [0.2, 0.25) is 11.6 Å². The van der Waals surface area contributed by atoms with Gasteiger partial charge in [-0.15, -0.1) is 10.2 Å². The van der Waals surface area contributed by atoms with Crippen LogP contribution in [0.4, 0.5) is 11.4 Å². The summed E-state index contributed by atoms with van der Waals surface area (Å²) in [4.78, 5) is 26.4. The smallest absolute Gasteiger partial charge is 0.328 e. The fraction of sp³-hybridized carbons (Fsp3) is 0.167. The molecule has 0 aliphatic rings. The third-order valence-electron chi connectivity index (χ3n) is 2.54. The highest BCUT2D eigenvalue weighted by atomic mass is 16.5. The number of hydrogen-bond acceptors (Lipinski definition) is 7. The first-order chi connectivity index (χ1) is 10.0. The van der Waals surface area contributed by atoms with Gasteiger partial charge in [-0.3, -0.25) is 14.8 Å². The van der Waals surface area contributed by atoms with Gasteiger partial charge in [-0.05, 0) is 12.1 Å². The van der Waals surface area contributed by atoms with Crippen LogP contribution in [0.1, 0.15) is 0 Å². The molecule has 1 aromatic heterocycles. The van der Waals surface area contributed by atoms with Crippen LogP contribution in [0.15, 0.2) is 38.0 Å². The van der Waals surface area contributed by atoms with E-state index < -0.39 is 22.8 Å². The number of methoxy groups -OCH3 is 2. The van der Waals surface area contributed by atoms with E-state index in [2.05, 4.69) is 10.2 Å². The van der Waals surface area contributed by atoms with E-state index in [-0.39, 0.29) is 0 Å². The molecule has 9 heteroatoms. The van der Waals surface area contributed by atoms with Crippen molar-refractivity contribution in [2.75, 3.05) is 14.2 Å². The van der Waals surface area contributed by atoms with Crippen LogP contribution in [0, 0.1) is 0 Å². The fourth-order valence-electron chi connectivity index (χ4n) is 1.54. The molecule has 0 saturated carbocycles. The van der Waals surface area contributed by atoms with Crippen molar-refractivity contribution in [3.05, 3.63) is 39.0 Å². The predicted molar refractivity (Wildman–Crippen MR) is 73.1 cm³/mol. The van der Waals surface area contributed by atoms with E-state index in [9.17, 15) is 14.7 Å². The molecule has 110 valence electrons. The first-order valence-corrected chi connectivity index (χ1v) is 5.74. The van der Waals surface area contributed by atoms with Gasteiger partial charge in [0, 0.05) is 6.07 Å². The molecule has 1 aromatic carbocycles. The number of aromatic nitrogens is 2. The van der Waals surface area contributed by atoms with E-state index in [0.29, 0.717) is 17.2 Å². The van der Waals surface area contributed by atoms with Crippen molar-refractivity contribution in [2.24, 2.45) is 10.2 Å². The van der Waals surface area contributed by atoms with Crippen LogP contribution < -0.4 is 20.7 Å². The van der Waals surface area contributed by atoms with E-state index in [4.69, 9.17) is 9.47 Å². The van der Waals surface area contributed by atoms with E-state index in [1.807, 2.05) is 9.97 Å². The standard InChI is InChI=1S/C12H12N4O5/c1-20-6-3-4-8(21-2)7(5-6)15-16-9-10(17)13-12(19)14-11(9)18/h3-5H,1-2H3,(H3,13,14,17,18,19). The van der Waals surface area contributed by atoms with Crippen molar-refractivity contribution in [1.29, 1.82) is 0 Å². The highest BCUT2D eigenvalue weighted by Crippen LogP contribution is 2.32. The Hall–Kier alpha value is -3.10. The zero-order valence-corrected chi connectivity index (χ0v) is 11.2. The van der Waals surface area contributed by atoms with Gasteiger partial charge in [0.25, 0.3) is 5.56 Å². The molecule has 2 rings (SSSR count). The second-order valence-corrected chi connectivity index (χ2v) is 3.84. The quantitative estimate of drug-likeness (QED) is 0.729. The number of nitrogens with one attached hydrogen (secondary N) is 2. The molecule has 0 unspecified atom stereocenters. The molecule has 0 spiro atoms. The minimum absolute atomic E-state index is 0.293. The molecular formula is C12H12N4O5. The van der Waals surface area contributed by atoms with Gasteiger partial charge in [0.05, 0.1) is 14.2 Å². The first-order valence-electron chi connectivity index (χ1n) is 5.74.